The van der Waals surface area contributed by atoms with Crippen molar-refractivity contribution in [2.24, 2.45) is 5.92 Å². The smallest absolute Gasteiger partial charge is 0.407 e. The van der Waals surface area contributed by atoms with Gasteiger partial charge in [-0.3, -0.25) is 0 Å². The van der Waals surface area contributed by atoms with E-state index >= 15 is 0 Å². The number of amides is 1. The van der Waals surface area contributed by atoms with Gasteiger partial charge in [0.1, 0.15) is 6.61 Å². The van der Waals surface area contributed by atoms with Crippen LogP contribution in [0.1, 0.15) is 32.3 Å². The third-order valence-corrected chi connectivity index (χ3v) is 3.49. The van der Waals surface area contributed by atoms with Crippen molar-refractivity contribution < 1.29 is 9.53 Å². The molecule has 0 radical (unpaired) electrons. The quantitative estimate of drug-likeness (QED) is 0.840. The number of ether oxygens (including phenoxy) is 1. The topological polar surface area (TPSA) is 50.4 Å². The van der Waals surface area contributed by atoms with Crippen LogP contribution in [0, 0.1) is 5.92 Å². The van der Waals surface area contributed by atoms with E-state index in [1.807, 2.05) is 30.3 Å². The molecule has 1 aliphatic rings. The van der Waals surface area contributed by atoms with Crippen molar-refractivity contribution >= 4 is 6.09 Å². The molecule has 20 heavy (non-hydrogen) atoms. The number of rotatable bonds is 6. The molecule has 1 aliphatic carbocycles. The Kier molecular flexibility index (Phi) is 5.41. The molecule has 2 rings (SSSR count). The summed E-state index contributed by atoms with van der Waals surface area (Å²) in [5.74, 6) is 0.665. The minimum atomic E-state index is -0.318. The number of benzene rings is 1. The first kappa shape index (κ1) is 14.9. The van der Waals surface area contributed by atoms with Crippen LogP contribution in [-0.4, -0.2) is 24.7 Å². The van der Waals surface area contributed by atoms with Crippen LogP contribution < -0.4 is 10.6 Å². The molecule has 0 bridgehead atoms. The average Bonchev–Trinajstić information content (AvgIpc) is 2.39. The van der Waals surface area contributed by atoms with Crippen molar-refractivity contribution in [1.29, 1.82) is 0 Å². The Labute approximate surface area is 120 Å². The van der Waals surface area contributed by atoms with E-state index in [1.54, 1.807) is 0 Å². The molecule has 0 atom stereocenters. The van der Waals surface area contributed by atoms with Crippen molar-refractivity contribution in [3.63, 3.8) is 0 Å². The second-order valence-electron chi connectivity index (χ2n) is 5.87. The summed E-state index contributed by atoms with van der Waals surface area (Å²) in [5.41, 5.74) is 1.01. The third kappa shape index (κ3) is 4.85. The Hall–Kier alpha value is -1.55. The lowest BCUT2D eigenvalue weighted by Crippen LogP contribution is -2.53. The molecule has 1 saturated carbocycles. The van der Waals surface area contributed by atoms with Crippen LogP contribution in [0.5, 0.6) is 0 Å². The summed E-state index contributed by atoms with van der Waals surface area (Å²) in [6, 6.07) is 10.5. The van der Waals surface area contributed by atoms with Gasteiger partial charge >= 0.3 is 6.09 Å². The van der Waals surface area contributed by atoms with E-state index < -0.39 is 0 Å². The van der Waals surface area contributed by atoms with Crippen LogP contribution >= 0.6 is 0 Å². The Bertz CT molecular complexity index is 414. The lowest BCUT2D eigenvalue weighted by molar-refractivity contribution is 0.125. The molecule has 0 spiro atoms. The van der Waals surface area contributed by atoms with E-state index in [0.717, 1.165) is 24.9 Å². The van der Waals surface area contributed by atoms with Gasteiger partial charge < -0.3 is 15.4 Å². The fourth-order valence-electron chi connectivity index (χ4n) is 2.24. The van der Waals surface area contributed by atoms with E-state index in [0.29, 0.717) is 18.6 Å². The summed E-state index contributed by atoms with van der Waals surface area (Å²) in [6.07, 6.45) is 1.67. The molecule has 1 aromatic rings. The molecular formula is C16H24N2O2. The van der Waals surface area contributed by atoms with E-state index in [-0.39, 0.29) is 12.1 Å². The van der Waals surface area contributed by atoms with Gasteiger partial charge in [-0.15, -0.1) is 0 Å². The predicted octanol–water partition coefficient (Wildman–Crippen LogP) is 2.69. The van der Waals surface area contributed by atoms with E-state index in [1.165, 1.54) is 0 Å². The number of alkyl carbamates (subject to hydrolysis) is 1. The van der Waals surface area contributed by atoms with Gasteiger partial charge in [0.2, 0.25) is 0 Å². The van der Waals surface area contributed by atoms with Crippen LogP contribution in [-0.2, 0) is 11.3 Å². The predicted molar refractivity (Wildman–Crippen MR) is 79.4 cm³/mol. The number of carbonyl (C=O) groups excluding carboxylic acids is 1. The minimum absolute atomic E-state index is 0.253. The molecule has 1 amide bonds. The molecule has 110 valence electrons. The van der Waals surface area contributed by atoms with E-state index in [4.69, 9.17) is 4.74 Å². The van der Waals surface area contributed by atoms with Crippen molar-refractivity contribution in [2.75, 3.05) is 6.54 Å². The van der Waals surface area contributed by atoms with Crippen LogP contribution in [0.25, 0.3) is 0 Å². The van der Waals surface area contributed by atoms with Gasteiger partial charge in [0.05, 0.1) is 0 Å². The first-order chi connectivity index (χ1) is 9.63. The van der Waals surface area contributed by atoms with Crippen LogP contribution in [0.3, 0.4) is 0 Å². The highest BCUT2D eigenvalue weighted by Crippen LogP contribution is 2.20. The summed E-state index contributed by atoms with van der Waals surface area (Å²) in [6.45, 7) is 5.76. The van der Waals surface area contributed by atoms with E-state index in [9.17, 15) is 4.79 Å². The summed E-state index contributed by atoms with van der Waals surface area (Å²) in [4.78, 5) is 11.6. The Morgan fingerprint density at radius 2 is 1.95 bits per heavy atom. The highest BCUT2D eigenvalue weighted by atomic mass is 16.5. The maximum Gasteiger partial charge on any atom is 0.407 e. The highest BCUT2D eigenvalue weighted by Gasteiger charge is 2.30. The number of nitrogens with one attached hydrogen (secondary N) is 2. The Morgan fingerprint density at radius 1 is 1.25 bits per heavy atom. The standard InChI is InChI=1S/C16H24N2O2/c1-12(2)10-17-14-8-15(9-14)18-16(19)20-11-13-6-4-3-5-7-13/h3-7,12,14-15,17H,8-11H2,1-2H3,(H,18,19). The normalized spacial score (nSPS) is 21.4. The van der Waals surface area contributed by atoms with Gasteiger partial charge in [0.25, 0.3) is 0 Å². The largest absolute Gasteiger partial charge is 0.445 e. The zero-order valence-corrected chi connectivity index (χ0v) is 12.3. The van der Waals surface area contributed by atoms with Crippen LogP contribution in [0.4, 0.5) is 4.79 Å². The molecule has 2 N–H and O–H groups in total. The van der Waals surface area contributed by atoms with Gasteiger partial charge in [-0.1, -0.05) is 44.2 Å². The first-order valence-electron chi connectivity index (χ1n) is 7.34. The van der Waals surface area contributed by atoms with Crippen molar-refractivity contribution in [3.05, 3.63) is 35.9 Å². The van der Waals surface area contributed by atoms with Gasteiger partial charge in [0, 0.05) is 12.1 Å². The lowest BCUT2D eigenvalue weighted by atomic mass is 9.86. The third-order valence-electron chi connectivity index (χ3n) is 3.49. The zero-order valence-electron chi connectivity index (χ0n) is 12.3. The highest BCUT2D eigenvalue weighted by molar-refractivity contribution is 5.67. The fraction of sp³-hybridized carbons (Fsp3) is 0.562. The molecule has 0 aromatic heterocycles. The maximum absolute atomic E-state index is 11.6. The minimum Gasteiger partial charge on any atom is -0.445 e. The average molecular weight is 276 g/mol. The summed E-state index contributed by atoms with van der Waals surface area (Å²) in [7, 11) is 0. The van der Waals surface area contributed by atoms with Crippen molar-refractivity contribution in [1.82, 2.24) is 10.6 Å². The summed E-state index contributed by atoms with van der Waals surface area (Å²) < 4.78 is 5.20. The SMILES string of the molecule is CC(C)CNC1CC(NC(=O)OCc2ccccc2)C1. The number of carbonyl (C=O) groups is 1. The molecule has 4 heteroatoms. The van der Waals surface area contributed by atoms with Gasteiger partial charge in [-0.2, -0.15) is 0 Å². The summed E-state index contributed by atoms with van der Waals surface area (Å²) in [5, 5.41) is 6.39. The second-order valence-corrected chi connectivity index (χ2v) is 5.87. The second kappa shape index (κ2) is 7.29. The molecular weight excluding hydrogens is 252 g/mol. The van der Waals surface area contributed by atoms with Crippen LogP contribution in [0.2, 0.25) is 0 Å². The van der Waals surface area contributed by atoms with Crippen LogP contribution in [0.15, 0.2) is 30.3 Å². The lowest BCUT2D eigenvalue weighted by Gasteiger charge is -2.36. The van der Waals surface area contributed by atoms with Crippen molar-refractivity contribution in [3.8, 4) is 0 Å². The van der Waals surface area contributed by atoms with Gasteiger partial charge in [-0.25, -0.2) is 4.79 Å². The summed E-state index contributed by atoms with van der Waals surface area (Å²) >= 11 is 0. The molecule has 0 heterocycles. The molecule has 0 saturated heterocycles. The first-order valence-corrected chi connectivity index (χ1v) is 7.34. The van der Waals surface area contributed by atoms with Gasteiger partial charge in [0.15, 0.2) is 0 Å². The maximum atomic E-state index is 11.6. The molecule has 4 nitrogen and oxygen atoms in total. The zero-order chi connectivity index (χ0) is 14.4. The molecule has 0 aliphatic heterocycles. The Morgan fingerprint density at radius 3 is 2.60 bits per heavy atom. The van der Waals surface area contributed by atoms with E-state index in [2.05, 4.69) is 24.5 Å². The molecule has 1 fully saturated rings. The van der Waals surface area contributed by atoms with Gasteiger partial charge in [-0.05, 0) is 30.9 Å². The van der Waals surface area contributed by atoms with Crippen molar-refractivity contribution in [2.45, 2.75) is 45.4 Å². The number of hydrogen-bond donors (Lipinski definition) is 2. The Balaban J connectivity index is 1.58. The number of hydrogen-bond acceptors (Lipinski definition) is 3. The monoisotopic (exact) mass is 276 g/mol. The molecule has 1 aromatic carbocycles. The fourth-order valence-corrected chi connectivity index (χ4v) is 2.24. The molecule has 0 unspecified atom stereocenters.